The van der Waals surface area contributed by atoms with Gasteiger partial charge in [-0.25, -0.2) is 4.79 Å². The highest BCUT2D eigenvalue weighted by Crippen LogP contribution is 2.48. The summed E-state index contributed by atoms with van der Waals surface area (Å²) in [6, 6.07) is 0. The fraction of sp³-hybridized carbons (Fsp3) is 0.615. The van der Waals surface area contributed by atoms with Crippen LogP contribution in [-0.2, 0) is 9.53 Å². The number of fused-ring (bicyclic) bond motifs is 1. The van der Waals surface area contributed by atoms with Crippen LogP contribution in [0.2, 0.25) is 0 Å². The molecule has 5 heteroatoms. The van der Waals surface area contributed by atoms with E-state index in [-0.39, 0.29) is 11.8 Å². The smallest absolute Gasteiger partial charge is 0.455 e. The minimum atomic E-state index is -4.90. The second kappa shape index (κ2) is 3.87. The van der Waals surface area contributed by atoms with Gasteiger partial charge >= 0.3 is 12.1 Å². The van der Waals surface area contributed by atoms with Gasteiger partial charge in [0.05, 0.1) is 0 Å². The lowest BCUT2D eigenvalue weighted by Crippen LogP contribution is -2.41. The summed E-state index contributed by atoms with van der Waals surface area (Å²) in [4.78, 5) is 10.9. The number of allylic oxidation sites excluding steroid dienone is 3. The molecule has 2 bridgehead atoms. The summed E-state index contributed by atoms with van der Waals surface area (Å²) in [7, 11) is 0. The van der Waals surface area contributed by atoms with Crippen molar-refractivity contribution in [2.45, 2.75) is 25.1 Å². The van der Waals surface area contributed by atoms with Gasteiger partial charge in [0.2, 0.25) is 0 Å². The van der Waals surface area contributed by atoms with Crippen molar-refractivity contribution in [3.8, 4) is 0 Å². The minimum Gasteiger partial charge on any atom is -0.455 e. The SMILES string of the molecule is O=C(O[C@@H]1C[C@H]2C=C[C@H]3C=C[C@@H]1C[C@@H]32)C(F)(F)F. The molecule has 98 valence electrons. The van der Waals surface area contributed by atoms with Gasteiger partial charge < -0.3 is 4.74 Å². The van der Waals surface area contributed by atoms with E-state index in [1.165, 1.54) is 0 Å². The summed E-state index contributed by atoms with van der Waals surface area (Å²) < 4.78 is 41.3. The Hall–Kier alpha value is -1.26. The zero-order valence-corrected chi connectivity index (χ0v) is 9.56. The predicted molar refractivity (Wildman–Crippen MR) is 57.4 cm³/mol. The first-order valence-electron chi connectivity index (χ1n) is 6.09. The third-order valence-corrected chi connectivity index (χ3v) is 4.22. The van der Waals surface area contributed by atoms with Gasteiger partial charge in [0.15, 0.2) is 0 Å². The van der Waals surface area contributed by atoms with Crippen LogP contribution in [-0.4, -0.2) is 18.2 Å². The van der Waals surface area contributed by atoms with Crippen molar-refractivity contribution in [3.63, 3.8) is 0 Å². The average molecular weight is 258 g/mol. The van der Waals surface area contributed by atoms with Crippen LogP contribution in [0.4, 0.5) is 13.2 Å². The van der Waals surface area contributed by atoms with E-state index in [2.05, 4.69) is 16.9 Å². The first-order chi connectivity index (χ1) is 8.45. The van der Waals surface area contributed by atoms with Crippen molar-refractivity contribution in [3.05, 3.63) is 24.3 Å². The Kier molecular flexibility index (Phi) is 2.54. The molecule has 18 heavy (non-hydrogen) atoms. The molecule has 0 spiro atoms. The third kappa shape index (κ3) is 1.85. The van der Waals surface area contributed by atoms with Crippen molar-refractivity contribution in [2.24, 2.45) is 23.7 Å². The highest BCUT2D eigenvalue weighted by Gasteiger charge is 2.47. The number of carbonyl (C=O) groups is 1. The van der Waals surface area contributed by atoms with Gasteiger partial charge in [0.25, 0.3) is 0 Å². The summed E-state index contributed by atoms with van der Waals surface area (Å²) in [5, 5.41) is 0. The fourth-order valence-electron chi connectivity index (χ4n) is 3.36. The summed E-state index contributed by atoms with van der Waals surface area (Å²) in [6.45, 7) is 0. The lowest BCUT2D eigenvalue weighted by molar-refractivity contribution is -0.208. The highest BCUT2D eigenvalue weighted by atomic mass is 19.4. The van der Waals surface area contributed by atoms with Crippen molar-refractivity contribution >= 4 is 5.97 Å². The summed E-state index contributed by atoms with van der Waals surface area (Å²) in [6.07, 6.45) is 3.88. The Bertz CT molecular complexity index is 424. The van der Waals surface area contributed by atoms with Crippen LogP contribution in [0.25, 0.3) is 0 Å². The van der Waals surface area contributed by atoms with Gasteiger partial charge in [-0.2, -0.15) is 13.2 Å². The zero-order valence-electron chi connectivity index (χ0n) is 9.56. The molecule has 0 aromatic carbocycles. The quantitative estimate of drug-likeness (QED) is 0.534. The topological polar surface area (TPSA) is 26.3 Å². The van der Waals surface area contributed by atoms with Crippen molar-refractivity contribution in [2.75, 3.05) is 0 Å². The van der Waals surface area contributed by atoms with Gasteiger partial charge in [-0.05, 0) is 30.6 Å². The molecular weight excluding hydrogens is 245 g/mol. The van der Waals surface area contributed by atoms with Crippen LogP contribution in [0.1, 0.15) is 12.8 Å². The molecule has 0 amide bonds. The Morgan fingerprint density at radius 1 is 1.06 bits per heavy atom. The van der Waals surface area contributed by atoms with Gasteiger partial charge in [-0.1, -0.05) is 24.3 Å². The maximum Gasteiger partial charge on any atom is 0.490 e. The number of halogens is 3. The van der Waals surface area contributed by atoms with Crippen LogP contribution in [0.5, 0.6) is 0 Å². The maximum atomic E-state index is 12.2. The van der Waals surface area contributed by atoms with Crippen LogP contribution < -0.4 is 0 Å². The van der Waals surface area contributed by atoms with Gasteiger partial charge in [0, 0.05) is 5.92 Å². The molecule has 3 aliphatic carbocycles. The van der Waals surface area contributed by atoms with Gasteiger partial charge in [-0.3, -0.25) is 0 Å². The van der Waals surface area contributed by atoms with E-state index in [9.17, 15) is 18.0 Å². The number of ether oxygens (including phenoxy) is 1. The Balaban J connectivity index is 1.75. The minimum absolute atomic E-state index is 0.0614. The largest absolute Gasteiger partial charge is 0.490 e. The lowest BCUT2D eigenvalue weighted by atomic mass is 9.67. The third-order valence-electron chi connectivity index (χ3n) is 4.22. The molecule has 0 aliphatic heterocycles. The van der Waals surface area contributed by atoms with E-state index in [0.29, 0.717) is 18.3 Å². The second-order valence-corrected chi connectivity index (χ2v) is 5.25. The first kappa shape index (κ1) is 11.8. The molecule has 0 aromatic heterocycles. The number of alkyl halides is 3. The number of hydrogen-bond acceptors (Lipinski definition) is 2. The van der Waals surface area contributed by atoms with Crippen molar-refractivity contribution in [1.82, 2.24) is 0 Å². The van der Waals surface area contributed by atoms with Crippen molar-refractivity contribution in [1.29, 1.82) is 0 Å². The molecule has 0 saturated heterocycles. The Labute approximate surface area is 102 Å². The Morgan fingerprint density at radius 3 is 2.39 bits per heavy atom. The number of esters is 1. The molecule has 0 aromatic rings. The van der Waals surface area contributed by atoms with Crippen LogP contribution in [0, 0.1) is 23.7 Å². The molecule has 3 aliphatic rings. The predicted octanol–water partition coefficient (Wildman–Crippen LogP) is 2.86. The molecule has 5 atom stereocenters. The molecule has 0 unspecified atom stereocenters. The average Bonchev–Trinajstić information content (AvgIpc) is 2.73. The number of carbonyl (C=O) groups excluding carboxylic acids is 1. The van der Waals surface area contributed by atoms with Gasteiger partial charge in [0.1, 0.15) is 6.10 Å². The monoisotopic (exact) mass is 258 g/mol. The van der Waals surface area contributed by atoms with Crippen LogP contribution in [0.15, 0.2) is 24.3 Å². The molecule has 2 nitrogen and oxygen atoms in total. The van der Waals surface area contributed by atoms with E-state index < -0.39 is 18.2 Å². The number of hydrogen-bond donors (Lipinski definition) is 0. The van der Waals surface area contributed by atoms with E-state index in [4.69, 9.17) is 0 Å². The molecular formula is C13H13F3O2. The first-order valence-corrected chi connectivity index (χ1v) is 6.09. The normalized spacial score (nSPS) is 40.9. The van der Waals surface area contributed by atoms with E-state index in [1.54, 1.807) is 0 Å². The fourth-order valence-corrected chi connectivity index (χ4v) is 3.36. The van der Waals surface area contributed by atoms with Crippen molar-refractivity contribution < 1.29 is 22.7 Å². The lowest BCUT2D eigenvalue weighted by Gasteiger charge is -2.41. The van der Waals surface area contributed by atoms with Gasteiger partial charge in [-0.15, -0.1) is 0 Å². The maximum absolute atomic E-state index is 12.2. The van der Waals surface area contributed by atoms with E-state index >= 15 is 0 Å². The molecule has 1 fully saturated rings. The molecule has 3 rings (SSSR count). The molecule has 0 radical (unpaired) electrons. The highest BCUT2D eigenvalue weighted by molar-refractivity contribution is 5.75. The number of rotatable bonds is 1. The second-order valence-electron chi connectivity index (χ2n) is 5.25. The molecule has 0 N–H and O–H groups in total. The Morgan fingerprint density at radius 2 is 1.72 bits per heavy atom. The van der Waals surface area contributed by atoms with E-state index in [1.807, 2.05) is 12.2 Å². The van der Waals surface area contributed by atoms with Crippen LogP contribution >= 0.6 is 0 Å². The summed E-state index contributed by atoms with van der Waals surface area (Å²) >= 11 is 0. The zero-order chi connectivity index (χ0) is 12.9. The summed E-state index contributed by atoms with van der Waals surface area (Å²) in [5.74, 6) is -0.967. The summed E-state index contributed by atoms with van der Waals surface area (Å²) in [5.41, 5.74) is 0. The standard InChI is InChI=1S/C13H13F3O2/c14-13(15,16)12(17)18-11-6-8-3-1-7-2-4-9(11)5-10(7)8/h1-4,7-11H,5-6H2/t7-,8+,9+,10-,11+/m0/s1. The van der Waals surface area contributed by atoms with E-state index in [0.717, 1.165) is 6.42 Å². The molecule has 0 heterocycles. The molecule has 1 saturated carbocycles. The van der Waals surface area contributed by atoms with Crippen LogP contribution in [0.3, 0.4) is 0 Å².